The third-order valence-electron chi connectivity index (χ3n) is 3.43. The highest BCUT2D eigenvalue weighted by atomic mass is 16.5. The maximum absolute atomic E-state index is 5.72. The SMILES string of the molecule is CC(NCc1ccn[nH]1)c1ccc2c(c1)OCCCO2. The minimum atomic E-state index is 0.232. The number of fused-ring (bicyclic) bond motifs is 1. The number of H-pyrrole nitrogens is 1. The lowest BCUT2D eigenvalue weighted by molar-refractivity contribution is 0.297. The van der Waals surface area contributed by atoms with E-state index >= 15 is 0 Å². The molecule has 2 N–H and O–H groups in total. The highest BCUT2D eigenvalue weighted by Gasteiger charge is 2.13. The van der Waals surface area contributed by atoms with Crippen molar-refractivity contribution in [1.82, 2.24) is 15.5 Å². The third kappa shape index (κ3) is 2.93. The van der Waals surface area contributed by atoms with E-state index in [-0.39, 0.29) is 6.04 Å². The van der Waals surface area contributed by atoms with Gasteiger partial charge in [-0.05, 0) is 30.7 Å². The summed E-state index contributed by atoms with van der Waals surface area (Å²) in [7, 11) is 0. The number of rotatable bonds is 4. The van der Waals surface area contributed by atoms with Gasteiger partial charge in [-0.1, -0.05) is 6.07 Å². The first-order valence-electron chi connectivity index (χ1n) is 6.94. The summed E-state index contributed by atoms with van der Waals surface area (Å²) in [5.41, 5.74) is 2.26. The van der Waals surface area contributed by atoms with Gasteiger partial charge in [-0.25, -0.2) is 0 Å². The summed E-state index contributed by atoms with van der Waals surface area (Å²) in [6, 6.07) is 8.33. The van der Waals surface area contributed by atoms with Crippen LogP contribution in [0.5, 0.6) is 11.5 Å². The maximum Gasteiger partial charge on any atom is 0.161 e. The van der Waals surface area contributed by atoms with Crippen LogP contribution in [0.4, 0.5) is 0 Å². The normalized spacial score (nSPS) is 15.7. The second kappa shape index (κ2) is 5.96. The average Bonchev–Trinajstić information content (AvgIpc) is 2.88. The predicted octanol–water partition coefficient (Wildman–Crippen LogP) is 2.42. The van der Waals surface area contributed by atoms with Crippen molar-refractivity contribution in [3.05, 3.63) is 41.7 Å². The number of hydrogen-bond donors (Lipinski definition) is 2. The summed E-state index contributed by atoms with van der Waals surface area (Å²) >= 11 is 0. The second-order valence-electron chi connectivity index (χ2n) is 4.94. The van der Waals surface area contributed by atoms with Gasteiger partial charge in [0.15, 0.2) is 11.5 Å². The highest BCUT2D eigenvalue weighted by Crippen LogP contribution is 2.32. The summed E-state index contributed by atoms with van der Waals surface area (Å²) in [5, 5.41) is 10.3. The molecule has 3 rings (SSSR count). The van der Waals surface area contributed by atoms with Gasteiger partial charge < -0.3 is 14.8 Å². The van der Waals surface area contributed by atoms with Crippen molar-refractivity contribution >= 4 is 0 Å². The van der Waals surface area contributed by atoms with Crippen LogP contribution in [0.15, 0.2) is 30.5 Å². The first kappa shape index (κ1) is 13.0. The van der Waals surface area contributed by atoms with Crippen molar-refractivity contribution in [3.63, 3.8) is 0 Å². The van der Waals surface area contributed by atoms with Gasteiger partial charge in [0.25, 0.3) is 0 Å². The predicted molar refractivity (Wildman–Crippen MR) is 75.9 cm³/mol. The lowest BCUT2D eigenvalue weighted by atomic mass is 10.1. The summed E-state index contributed by atoms with van der Waals surface area (Å²) in [4.78, 5) is 0. The monoisotopic (exact) mass is 273 g/mol. The summed E-state index contributed by atoms with van der Waals surface area (Å²) in [6.07, 6.45) is 2.69. The molecule has 106 valence electrons. The molecule has 1 aliphatic heterocycles. The van der Waals surface area contributed by atoms with Gasteiger partial charge in [0.2, 0.25) is 0 Å². The molecule has 1 aromatic carbocycles. The van der Waals surface area contributed by atoms with Crippen molar-refractivity contribution in [1.29, 1.82) is 0 Å². The standard InChI is InChI=1S/C15H19N3O2/c1-11(16-10-13-5-6-17-18-13)12-3-4-14-15(9-12)20-8-2-7-19-14/h3-6,9,11,16H,2,7-8,10H2,1H3,(H,17,18). The zero-order valence-corrected chi connectivity index (χ0v) is 11.6. The number of nitrogens with one attached hydrogen (secondary N) is 2. The molecule has 1 aromatic heterocycles. The summed E-state index contributed by atoms with van der Waals surface area (Å²) in [6.45, 7) is 4.33. The van der Waals surface area contributed by atoms with E-state index in [0.29, 0.717) is 6.61 Å². The molecule has 1 aliphatic rings. The van der Waals surface area contributed by atoms with E-state index in [2.05, 4.69) is 34.6 Å². The van der Waals surface area contributed by atoms with Crippen molar-refractivity contribution in [2.24, 2.45) is 0 Å². The molecule has 0 spiro atoms. The molecule has 2 aromatic rings. The molecule has 0 saturated carbocycles. The first-order valence-corrected chi connectivity index (χ1v) is 6.94. The van der Waals surface area contributed by atoms with Gasteiger partial charge >= 0.3 is 0 Å². The number of benzene rings is 1. The fourth-order valence-electron chi connectivity index (χ4n) is 2.21. The Bertz CT molecular complexity index is 554. The molecular weight excluding hydrogens is 254 g/mol. The van der Waals surface area contributed by atoms with Crippen LogP contribution in [0.25, 0.3) is 0 Å². The molecule has 1 unspecified atom stereocenters. The first-order chi connectivity index (χ1) is 9.83. The Hall–Kier alpha value is -2.01. The van der Waals surface area contributed by atoms with E-state index in [4.69, 9.17) is 9.47 Å². The smallest absolute Gasteiger partial charge is 0.161 e. The molecule has 0 amide bonds. The quantitative estimate of drug-likeness (QED) is 0.898. The molecule has 0 aliphatic carbocycles. The Morgan fingerprint density at radius 3 is 2.90 bits per heavy atom. The van der Waals surface area contributed by atoms with Crippen LogP contribution in [-0.4, -0.2) is 23.4 Å². The number of aromatic amines is 1. The van der Waals surface area contributed by atoms with Crippen molar-refractivity contribution in [3.8, 4) is 11.5 Å². The van der Waals surface area contributed by atoms with Gasteiger partial charge in [0, 0.05) is 30.9 Å². The number of aromatic nitrogens is 2. The molecule has 5 heteroatoms. The summed E-state index contributed by atoms with van der Waals surface area (Å²) in [5.74, 6) is 1.68. The Morgan fingerprint density at radius 2 is 2.10 bits per heavy atom. The van der Waals surface area contributed by atoms with E-state index < -0.39 is 0 Å². The average molecular weight is 273 g/mol. The summed E-state index contributed by atoms with van der Waals surface area (Å²) < 4.78 is 11.4. The maximum atomic E-state index is 5.72. The molecule has 0 fully saturated rings. The van der Waals surface area contributed by atoms with Gasteiger partial charge in [-0.2, -0.15) is 5.10 Å². The zero-order chi connectivity index (χ0) is 13.8. The minimum absolute atomic E-state index is 0.232. The second-order valence-corrected chi connectivity index (χ2v) is 4.94. The van der Waals surface area contributed by atoms with E-state index in [1.165, 1.54) is 5.56 Å². The van der Waals surface area contributed by atoms with Crippen LogP contribution in [0.2, 0.25) is 0 Å². The number of nitrogens with zero attached hydrogens (tertiary/aromatic N) is 1. The Kier molecular flexibility index (Phi) is 3.87. The van der Waals surface area contributed by atoms with Crippen LogP contribution in [0.1, 0.15) is 30.6 Å². The van der Waals surface area contributed by atoms with Gasteiger partial charge in [-0.3, -0.25) is 5.10 Å². The zero-order valence-electron chi connectivity index (χ0n) is 11.6. The fourth-order valence-corrected chi connectivity index (χ4v) is 2.21. The Labute approximate surface area is 118 Å². The minimum Gasteiger partial charge on any atom is -0.490 e. The third-order valence-corrected chi connectivity index (χ3v) is 3.43. The van der Waals surface area contributed by atoms with Gasteiger partial charge in [0.1, 0.15) is 0 Å². The number of ether oxygens (including phenoxy) is 2. The van der Waals surface area contributed by atoms with Crippen LogP contribution in [-0.2, 0) is 6.54 Å². The van der Waals surface area contributed by atoms with Crippen LogP contribution in [0.3, 0.4) is 0 Å². The molecule has 2 heterocycles. The van der Waals surface area contributed by atoms with Gasteiger partial charge in [-0.15, -0.1) is 0 Å². The van der Waals surface area contributed by atoms with Crippen molar-refractivity contribution in [2.45, 2.75) is 25.9 Å². The lowest BCUT2D eigenvalue weighted by Gasteiger charge is -2.16. The Morgan fingerprint density at radius 1 is 1.25 bits per heavy atom. The van der Waals surface area contributed by atoms with Crippen LogP contribution in [0, 0.1) is 0 Å². The van der Waals surface area contributed by atoms with Crippen molar-refractivity contribution in [2.75, 3.05) is 13.2 Å². The highest BCUT2D eigenvalue weighted by molar-refractivity contribution is 5.44. The van der Waals surface area contributed by atoms with E-state index in [0.717, 1.165) is 36.8 Å². The largest absolute Gasteiger partial charge is 0.490 e. The molecule has 1 atom stereocenters. The van der Waals surface area contributed by atoms with Crippen LogP contribution >= 0.6 is 0 Å². The molecule has 0 radical (unpaired) electrons. The molecular formula is C15H19N3O2. The fraction of sp³-hybridized carbons (Fsp3) is 0.400. The van der Waals surface area contributed by atoms with Crippen molar-refractivity contribution < 1.29 is 9.47 Å². The topological polar surface area (TPSA) is 59.2 Å². The number of hydrogen-bond acceptors (Lipinski definition) is 4. The molecule has 5 nitrogen and oxygen atoms in total. The van der Waals surface area contributed by atoms with Gasteiger partial charge in [0.05, 0.1) is 13.2 Å². The van der Waals surface area contributed by atoms with E-state index in [1.807, 2.05) is 12.1 Å². The lowest BCUT2D eigenvalue weighted by Crippen LogP contribution is -2.18. The molecule has 20 heavy (non-hydrogen) atoms. The Balaban J connectivity index is 1.68. The van der Waals surface area contributed by atoms with Crippen LogP contribution < -0.4 is 14.8 Å². The van der Waals surface area contributed by atoms with E-state index in [9.17, 15) is 0 Å². The molecule has 0 saturated heterocycles. The van der Waals surface area contributed by atoms with E-state index in [1.54, 1.807) is 6.20 Å². The molecule has 0 bridgehead atoms.